The zero-order valence-corrected chi connectivity index (χ0v) is 13.9. The highest BCUT2D eigenvalue weighted by atomic mass is 16.5. The average molecular weight is 297 g/mol. The van der Waals surface area contributed by atoms with E-state index in [1.165, 1.54) is 16.7 Å². The summed E-state index contributed by atoms with van der Waals surface area (Å²) in [6.45, 7) is 8.13. The van der Waals surface area contributed by atoms with Crippen molar-refractivity contribution in [1.29, 1.82) is 0 Å². The van der Waals surface area contributed by atoms with Crippen LogP contribution in [0.2, 0.25) is 0 Å². The fraction of sp³-hybridized carbons (Fsp3) is 0.400. The van der Waals surface area contributed by atoms with Gasteiger partial charge >= 0.3 is 0 Å². The highest BCUT2D eigenvalue weighted by Gasteiger charge is 2.08. The molecule has 0 radical (unpaired) electrons. The Bertz CT molecular complexity index is 545. The molecule has 2 heteroatoms. The van der Waals surface area contributed by atoms with Crippen LogP contribution in [0.1, 0.15) is 49.4 Å². The maximum absolute atomic E-state index is 5.64. The monoisotopic (exact) mass is 297 g/mol. The van der Waals surface area contributed by atoms with E-state index in [2.05, 4.69) is 74.6 Å². The van der Waals surface area contributed by atoms with Gasteiger partial charge in [0.2, 0.25) is 0 Å². The fourth-order valence-corrected chi connectivity index (χ4v) is 2.46. The van der Waals surface area contributed by atoms with Crippen molar-refractivity contribution in [3.63, 3.8) is 0 Å². The Morgan fingerprint density at radius 2 is 1.64 bits per heavy atom. The van der Waals surface area contributed by atoms with E-state index in [9.17, 15) is 0 Å². The van der Waals surface area contributed by atoms with Crippen LogP contribution in [0.5, 0.6) is 5.75 Å². The summed E-state index contributed by atoms with van der Waals surface area (Å²) >= 11 is 0. The number of benzene rings is 2. The molecule has 0 amide bonds. The van der Waals surface area contributed by atoms with Gasteiger partial charge in [-0.1, -0.05) is 55.8 Å². The normalized spacial score (nSPS) is 12.1. The zero-order valence-electron chi connectivity index (χ0n) is 13.9. The molecule has 2 rings (SSSR count). The quantitative estimate of drug-likeness (QED) is 0.738. The van der Waals surface area contributed by atoms with Crippen molar-refractivity contribution in [3.05, 3.63) is 65.2 Å². The molecule has 0 saturated heterocycles. The molecule has 0 bridgehead atoms. The number of aryl methyl sites for hydroxylation is 1. The molecule has 0 saturated carbocycles. The minimum Gasteiger partial charge on any atom is -0.494 e. The number of rotatable bonds is 8. The van der Waals surface area contributed by atoms with Crippen molar-refractivity contribution >= 4 is 0 Å². The molecule has 2 aromatic rings. The van der Waals surface area contributed by atoms with Crippen molar-refractivity contribution in [1.82, 2.24) is 5.32 Å². The van der Waals surface area contributed by atoms with Gasteiger partial charge in [0.05, 0.1) is 6.61 Å². The summed E-state index contributed by atoms with van der Waals surface area (Å²) in [6, 6.07) is 17.6. The van der Waals surface area contributed by atoms with Crippen molar-refractivity contribution in [2.24, 2.45) is 0 Å². The highest BCUT2D eigenvalue weighted by Crippen LogP contribution is 2.21. The summed E-state index contributed by atoms with van der Waals surface area (Å²) in [7, 11) is 0. The predicted molar refractivity (Wildman–Crippen MR) is 93.3 cm³/mol. The van der Waals surface area contributed by atoms with Gasteiger partial charge in [-0.25, -0.2) is 0 Å². The number of nitrogens with one attached hydrogen (secondary N) is 1. The molecule has 1 unspecified atom stereocenters. The van der Waals surface area contributed by atoms with Crippen LogP contribution in [0, 0.1) is 6.92 Å². The van der Waals surface area contributed by atoms with Crippen LogP contribution in [0.25, 0.3) is 0 Å². The van der Waals surface area contributed by atoms with Gasteiger partial charge in [-0.3, -0.25) is 0 Å². The Morgan fingerprint density at radius 3 is 2.23 bits per heavy atom. The predicted octanol–water partition coefficient (Wildman–Crippen LogP) is 5.02. The molecule has 2 aromatic carbocycles. The second kappa shape index (κ2) is 8.60. The maximum Gasteiger partial charge on any atom is 0.119 e. The Labute approximate surface area is 134 Å². The minimum atomic E-state index is 0.376. The minimum absolute atomic E-state index is 0.376. The molecule has 1 atom stereocenters. The van der Waals surface area contributed by atoms with Gasteiger partial charge in [-0.05, 0) is 43.0 Å². The lowest BCUT2D eigenvalue weighted by Gasteiger charge is -2.18. The fourth-order valence-electron chi connectivity index (χ4n) is 2.46. The van der Waals surface area contributed by atoms with Gasteiger partial charge in [0.15, 0.2) is 0 Å². The molecule has 22 heavy (non-hydrogen) atoms. The third kappa shape index (κ3) is 4.88. The number of hydrogen-bond donors (Lipinski definition) is 1. The van der Waals surface area contributed by atoms with E-state index in [4.69, 9.17) is 4.74 Å². The Balaban J connectivity index is 1.94. The Hall–Kier alpha value is -1.80. The molecule has 0 fully saturated rings. The molecule has 118 valence electrons. The topological polar surface area (TPSA) is 21.3 Å². The van der Waals surface area contributed by atoms with Crippen LogP contribution in [-0.2, 0) is 6.54 Å². The molecule has 0 spiro atoms. The maximum atomic E-state index is 5.64. The molecular weight excluding hydrogens is 270 g/mol. The van der Waals surface area contributed by atoms with E-state index in [1.807, 2.05) is 0 Å². The van der Waals surface area contributed by atoms with Crippen LogP contribution in [0.15, 0.2) is 48.5 Å². The lowest BCUT2D eigenvalue weighted by molar-refractivity contribution is 0.317. The van der Waals surface area contributed by atoms with Crippen LogP contribution in [0.3, 0.4) is 0 Å². The number of hydrogen-bond acceptors (Lipinski definition) is 2. The van der Waals surface area contributed by atoms with Crippen molar-refractivity contribution in [2.75, 3.05) is 6.61 Å². The summed E-state index contributed by atoms with van der Waals surface area (Å²) < 4.78 is 5.64. The van der Waals surface area contributed by atoms with E-state index < -0.39 is 0 Å². The largest absolute Gasteiger partial charge is 0.494 e. The summed E-state index contributed by atoms with van der Waals surface area (Å²) in [4.78, 5) is 0. The van der Waals surface area contributed by atoms with E-state index in [0.29, 0.717) is 6.04 Å². The van der Waals surface area contributed by atoms with Gasteiger partial charge in [0, 0.05) is 12.6 Å². The average Bonchev–Trinajstić information content (AvgIpc) is 2.56. The molecule has 0 aliphatic carbocycles. The van der Waals surface area contributed by atoms with Crippen molar-refractivity contribution in [2.45, 2.75) is 46.2 Å². The molecule has 0 aliphatic heterocycles. The van der Waals surface area contributed by atoms with E-state index in [-0.39, 0.29) is 0 Å². The van der Waals surface area contributed by atoms with Gasteiger partial charge in [0.25, 0.3) is 0 Å². The van der Waals surface area contributed by atoms with E-state index in [1.54, 1.807) is 0 Å². The molecule has 1 N–H and O–H groups in total. The molecule has 0 heterocycles. The summed E-state index contributed by atoms with van der Waals surface area (Å²) in [5.74, 6) is 0.957. The zero-order chi connectivity index (χ0) is 15.8. The smallest absolute Gasteiger partial charge is 0.119 e. The molecule has 0 aliphatic rings. The second-order valence-corrected chi connectivity index (χ2v) is 5.74. The first-order chi connectivity index (χ1) is 10.7. The first-order valence-electron chi connectivity index (χ1n) is 8.24. The summed E-state index contributed by atoms with van der Waals surface area (Å²) in [5, 5.41) is 3.64. The Morgan fingerprint density at radius 1 is 0.955 bits per heavy atom. The molecule has 0 aromatic heterocycles. The third-order valence-electron chi connectivity index (χ3n) is 3.84. The third-order valence-corrected chi connectivity index (χ3v) is 3.84. The van der Waals surface area contributed by atoms with Crippen LogP contribution in [0.4, 0.5) is 0 Å². The first kappa shape index (κ1) is 16.6. The van der Waals surface area contributed by atoms with Gasteiger partial charge < -0.3 is 10.1 Å². The van der Waals surface area contributed by atoms with E-state index >= 15 is 0 Å². The second-order valence-electron chi connectivity index (χ2n) is 5.74. The van der Waals surface area contributed by atoms with Gasteiger partial charge in [0.1, 0.15) is 5.75 Å². The SMILES string of the molecule is CCCOc1ccc(C(CC)NCc2ccc(C)cc2)cc1. The van der Waals surface area contributed by atoms with E-state index in [0.717, 1.165) is 31.7 Å². The number of ether oxygens (including phenoxy) is 1. The lowest BCUT2D eigenvalue weighted by atomic mass is 10.0. The van der Waals surface area contributed by atoms with Gasteiger partial charge in [-0.15, -0.1) is 0 Å². The Kier molecular flexibility index (Phi) is 6.47. The van der Waals surface area contributed by atoms with Crippen LogP contribution in [-0.4, -0.2) is 6.61 Å². The molecule has 2 nitrogen and oxygen atoms in total. The standard InChI is InChI=1S/C20H27NO/c1-4-14-22-19-12-10-18(11-13-19)20(5-2)21-15-17-8-6-16(3)7-9-17/h6-13,20-21H,4-5,14-15H2,1-3H3. The highest BCUT2D eigenvalue weighted by molar-refractivity contribution is 5.29. The van der Waals surface area contributed by atoms with Gasteiger partial charge in [-0.2, -0.15) is 0 Å². The first-order valence-corrected chi connectivity index (χ1v) is 8.24. The van der Waals surface area contributed by atoms with Crippen LogP contribution >= 0.6 is 0 Å². The summed E-state index contributed by atoms with van der Waals surface area (Å²) in [5.41, 5.74) is 3.95. The lowest BCUT2D eigenvalue weighted by Crippen LogP contribution is -2.20. The van der Waals surface area contributed by atoms with Crippen molar-refractivity contribution in [3.8, 4) is 5.75 Å². The van der Waals surface area contributed by atoms with Crippen LogP contribution < -0.4 is 10.1 Å². The molecular formula is C20H27NO. The van der Waals surface area contributed by atoms with Crippen molar-refractivity contribution < 1.29 is 4.74 Å². The summed E-state index contributed by atoms with van der Waals surface area (Å²) in [6.07, 6.45) is 2.11.